The van der Waals surface area contributed by atoms with E-state index in [4.69, 9.17) is 17.0 Å². The van der Waals surface area contributed by atoms with Crippen LogP contribution in [0.1, 0.15) is 43.1 Å². The average Bonchev–Trinajstić information content (AvgIpc) is 3.15. The largest absolute Gasteiger partial charge is 0.493 e. The number of aromatic hydroxyl groups is 1. The van der Waals surface area contributed by atoms with Crippen LogP contribution in [0, 0.1) is 11.7 Å². The molecular weight excluding hydrogens is 464 g/mol. The maximum atomic E-state index is 12.6. The lowest BCUT2D eigenvalue weighted by molar-refractivity contribution is 0.110. The van der Waals surface area contributed by atoms with Crippen LogP contribution < -0.4 is 4.74 Å². The van der Waals surface area contributed by atoms with Gasteiger partial charge in [0.05, 0.1) is 11.9 Å². The van der Waals surface area contributed by atoms with Crippen LogP contribution in [0.2, 0.25) is 0 Å². The van der Waals surface area contributed by atoms with Crippen molar-refractivity contribution in [1.82, 2.24) is 29.3 Å². The van der Waals surface area contributed by atoms with Gasteiger partial charge in [0.15, 0.2) is 10.5 Å². The van der Waals surface area contributed by atoms with E-state index < -0.39 is 0 Å². The Hall–Kier alpha value is -3.24. The molecule has 0 atom stereocenters. The van der Waals surface area contributed by atoms with Gasteiger partial charge in [0.25, 0.3) is 0 Å². The number of ether oxygens (including phenoxy) is 1. The maximum absolute atomic E-state index is 12.6. The summed E-state index contributed by atoms with van der Waals surface area (Å²) in [4.78, 5) is 28.5. The smallest absolute Gasteiger partial charge is 0.415 e. The number of hydrogen-bond donors (Lipinski definition) is 2. The third kappa shape index (κ3) is 6.07. The maximum Gasteiger partial charge on any atom is 0.415 e. The molecule has 1 aliphatic heterocycles. The third-order valence-electron chi connectivity index (χ3n) is 6.14. The fourth-order valence-electron chi connectivity index (χ4n) is 4.07. The second-order valence-corrected chi connectivity index (χ2v) is 9.52. The van der Waals surface area contributed by atoms with Crippen LogP contribution in [-0.2, 0) is 6.42 Å². The molecule has 0 unspecified atom stereocenters. The van der Waals surface area contributed by atoms with Crippen molar-refractivity contribution in [2.45, 2.75) is 39.5 Å². The fraction of sp³-hybridized carbons (Fsp3) is 0.440. The van der Waals surface area contributed by atoms with E-state index in [2.05, 4.69) is 32.0 Å². The highest BCUT2D eigenvalue weighted by Crippen LogP contribution is 2.27. The predicted octanol–water partition coefficient (Wildman–Crippen LogP) is 4.21. The number of imidazole rings is 1. The SMILES string of the molecule is Cc1ccc(CCCN2CCN(C(=O)Oc3ccc(-n4c(O)c(C(C)C)[nH]c4=S)nc3)CC2)nc1. The molecule has 4 rings (SSSR count). The first-order valence-electron chi connectivity index (χ1n) is 11.9. The van der Waals surface area contributed by atoms with Gasteiger partial charge >= 0.3 is 6.09 Å². The van der Waals surface area contributed by atoms with Gasteiger partial charge in [-0.15, -0.1) is 0 Å². The molecule has 4 heterocycles. The summed E-state index contributed by atoms with van der Waals surface area (Å²) in [5, 5.41) is 10.5. The summed E-state index contributed by atoms with van der Waals surface area (Å²) in [5.74, 6) is 0.918. The Kier molecular flexibility index (Phi) is 7.82. The molecule has 1 saturated heterocycles. The van der Waals surface area contributed by atoms with E-state index in [1.165, 1.54) is 16.3 Å². The van der Waals surface area contributed by atoms with Gasteiger partial charge in [-0.1, -0.05) is 19.9 Å². The van der Waals surface area contributed by atoms with Crippen molar-refractivity contribution in [1.29, 1.82) is 0 Å². The van der Waals surface area contributed by atoms with Gasteiger partial charge < -0.3 is 19.7 Å². The predicted molar refractivity (Wildman–Crippen MR) is 136 cm³/mol. The number of aromatic nitrogens is 4. The molecule has 0 bridgehead atoms. The van der Waals surface area contributed by atoms with Crippen molar-refractivity contribution in [3.8, 4) is 17.4 Å². The van der Waals surface area contributed by atoms with Gasteiger partial charge in [-0.25, -0.2) is 14.3 Å². The average molecular weight is 497 g/mol. The van der Waals surface area contributed by atoms with E-state index in [1.54, 1.807) is 17.0 Å². The third-order valence-corrected chi connectivity index (χ3v) is 6.42. The second kappa shape index (κ2) is 11.0. The van der Waals surface area contributed by atoms with E-state index in [-0.39, 0.29) is 17.9 Å². The molecule has 0 saturated carbocycles. The summed E-state index contributed by atoms with van der Waals surface area (Å²) in [5.41, 5.74) is 2.94. The van der Waals surface area contributed by atoms with Crippen molar-refractivity contribution < 1.29 is 14.6 Å². The van der Waals surface area contributed by atoms with E-state index in [1.807, 2.05) is 27.0 Å². The molecule has 1 amide bonds. The molecule has 2 N–H and O–H groups in total. The van der Waals surface area contributed by atoms with Crippen LogP contribution in [0.25, 0.3) is 5.82 Å². The van der Waals surface area contributed by atoms with Gasteiger partial charge in [-0.2, -0.15) is 0 Å². The first-order chi connectivity index (χ1) is 16.8. The number of nitrogens with one attached hydrogen (secondary N) is 1. The molecule has 3 aromatic rings. The summed E-state index contributed by atoms with van der Waals surface area (Å²) >= 11 is 5.32. The lowest BCUT2D eigenvalue weighted by atomic mass is 10.1. The highest BCUT2D eigenvalue weighted by atomic mass is 32.1. The topological polar surface area (TPSA) is 99.5 Å². The van der Waals surface area contributed by atoms with Crippen LogP contribution in [0.3, 0.4) is 0 Å². The number of carbonyl (C=O) groups excluding carboxylic acids is 1. The minimum atomic E-state index is -0.383. The molecule has 0 spiro atoms. The minimum Gasteiger partial charge on any atom is -0.493 e. The molecule has 1 fully saturated rings. The highest BCUT2D eigenvalue weighted by Gasteiger charge is 2.23. The lowest BCUT2D eigenvalue weighted by Crippen LogP contribution is -2.49. The molecule has 10 heteroatoms. The van der Waals surface area contributed by atoms with E-state index >= 15 is 0 Å². The molecule has 9 nitrogen and oxygen atoms in total. The number of H-pyrrole nitrogens is 1. The van der Waals surface area contributed by atoms with Crippen LogP contribution >= 0.6 is 12.2 Å². The van der Waals surface area contributed by atoms with Crippen LogP contribution in [-0.4, -0.2) is 73.2 Å². The number of amides is 1. The van der Waals surface area contributed by atoms with Gasteiger partial charge in [0, 0.05) is 38.1 Å². The van der Waals surface area contributed by atoms with Crippen molar-refractivity contribution in [3.63, 3.8) is 0 Å². The van der Waals surface area contributed by atoms with Crippen LogP contribution in [0.15, 0.2) is 36.7 Å². The molecule has 0 radical (unpaired) electrons. The van der Waals surface area contributed by atoms with Gasteiger partial charge in [0.1, 0.15) is 5.82 Å². The van der Waals surface area contributed by atoms with E-state index in [0.29, 0.717) is 35.1 Å². The molecule has 3 aromatic heterocycles. The number of rotatable bonds is 7. The number of aromatic amines is 1. The summed E-state index contributed by atoms with van der Waals surface area (Å²) in [6, 6.07) is 7.50. The van der Waals surface area contributed by atoms with Crippen molar-refractivity contribution in [2.75, 3.05) is 32.7 Å². The van der Waals surface area contributed by atoms with Gasteiger partial charge in [-0.05, 0) is 68.2 Å². The number of piperazine rings is 1. The van der Waals surface area contributed by atoms with E-state index in [9.17, 15) is 9.90 Å². The number of pyridine rings is 2. The molecule has 0 aromatic carbocycles. The van der Waals surface area contributed by atoms with Gasteiger partial charge in [-0.3, -0.25) is 9.88 Å². The first kappa shape index (κ1) is 24.9. The summed E-state index contributed by atoms with van der Waals surface area (Å²) in [6.07, 6.45) is 4.98. The summed E-state index contributed by atoms with van der Waals surface area (Å²) in [7, 11) is 0. The molecule has 0 aliphatic carbocycles. The molecule has 1 aliphatic rings. The number of aryl methyl sites for hydroxylation is 2. The van der Waals surface area contributed by atoms with Crippen molar-refractivity contribution >= 4 is 18.3 Å². The van der Waals surface area contributed by atoms with Gasteiger partial charge in [0.2, 0.25) is 5.88 Å². The Labute approximate surface area is 210 Å². The Morgan fingerprint density at radius 3 is 2.51 bits per heavy atom. The quantitative estimate of drug-likeness (QED) is 0.473. The van der Waals surface area contributed by atoms with Crippen molar-refractivity contribution in [3.05, 3.63) is 58.4 Å². The Morgan fingerprint density at radius 2 is 1.91 bits per heavy atom. The fourth-order valence-corrected chi connectivity index (χ4v) is 4.36. The normalized spacial score (nSPS) is 14.5. The highest BCUT2D eigenvalue weighted by molar-refractivity contribution is 7.71. The number of nitrogens with zero attached hydrogens (tertiary/aromatic N) is 5. The summed E-state index contributed by atoms with van der Waals surface area (Å²) in [6.45, 7) is 9.83. The van der Waals surface area contributed by atoms with E-state index in [0.717, 1.165) is 38.2 Å². The Balaban J connectivity index is 1.25. The number of hydrogen-bond acceptors (Lipinski definition) is 7. The monoisotopic (exact) mass is 496 g/mol. The second-order valence-electron chi connectivity index (χ2n) is 9.14. The van der Waals surface area contributed by atoms with Crippen LogP contribution in [0.5, 0.6) is 11.6 Å². The Morgan fingerprint density at radius 1 is 1.14 bits per heavy atom. The number of carbonyl (C=O) groups is 1. The zero-order valence-corrected chi connectivity index (χ0v) is 21.2. The zero-order chi connectivity index (χ0) is 24.9. The van der Waals surface area contributed by atoms with Crippen molar-refractivity contribution in [2.24, 2.45) is 0 Å². The van der Waals surface area contributed by atoms with Crippen LogP contribution in [0.4, 0.5) is 4.79 Å². The standard InChI is InChI=1S/C25H32N6O3S/c1-17(2)22-23(32)31(24(35)28-22)21-9-8-20(16-27-21)34-25(33)30-13-11-29(12-14-30)10-4-5-19-7-6-18(3)15-26-19/h6-9,15-17,32H,4-5,10-14H2,1-3H3,(H,28,35). The lowest BCUT2D eigenvalue weighted by Gasteiger charge is -2.33. The zero-order valence-electron chi connectivity index (χ0n) is 20.4. The first-order valence-corrected chi connectivity index (χ1v) is 12.3. The summed E-state index contributed by atoms with van der Waals surface area (Å²) < 4.78 is 7.35. The minimum absolute atomic E-state index is 0.0373. The molecule has 186 valence electrons. The Bertz CT molecular complexity index is 1200. The molecule has 35 heavy (non-hydrogen) atoms. The molecular formula is C25H32N6O3S.